The fraction of sp³-hybridized carbons (Fsp3) is 0.278. The third kappa shape index (κ3) is 2.95. The minimum Gasteiger partial charge on any atom is -0.351 e. The van der Waals surface area contributed by atoms with Crippen LogP contribution in [0.2, 0.25) is 0 Å². The Morgan fingerprint density at radius 1 is 1.17 bits per heavy atom. The Kier molecular flexibility index (Phi) is 3.86. The van der Waals surface area contributed by atoms with Crippen molar-refractivity contribution in [2.75, 3.05) is 6.54 Å². The van der Waals surface area contributed by atoms with Crippen molar-refractivity contribution < 1.29 is 9.72 Å². The molecule has 118 valence electrons. The Balaban J connectivity index is 1.74. The molecule has 1 aliphatic rings. The molecule has 0 atom stereocenters. The van der Waals surface area contributed by atoms with Gasteiger partial charge >= 0.3 is 0 Å². The zero-order chi connectivity index (χ0) is 16.4. The first-order valence-electron chi connectivity index (χ1n) is 7.61. The van der Waals surface area contributed by atoms with E-state index in [9.17, 15) is 14.9 Å². The molecule has 1 fully saturated rings. The lowest BCUT2D eigenvalue weighted by Crippen LogP contribution is -2.32. The van der Waals surface area contributed by atoms with Gasteiger partial charge in [-0.1, -0.05) is 36.4 Å². The second-order valence-electron chi connectivity index (χ2n) is 6.04. The normalized spacial score (nSPS) is 15.0. The topological polar surface area (TPSA) is 72.2 Å². The summed E-state index contributed by atoms with van der Waals surface area (Å²) in [5, 5.41) is 13.9. The summed E-state index contributed by atoms with van der Waals surface area (Å²) in [6, 6.07) is 14.7. The Morgan fingerprint density at radius 3 is 2.48 bits per heavy atom. The molecule has 23 heavy (non-hydrogen) atoms. The maximum absolute atomic E-state index is 12.4. The molecule has 1 amide bonds. The maximum atomic E-state index is 12.4. The molecule has 1 saturated carbocycles. The van der Waals surface area contributed by atoms with E-state index in [1.165, 1.54) is 11.6 Å². The molecule has 1 aliphatic carbocycles. The molecule has 0 aromatic heterocycles. The predicted octanol–water partition coefficient (Wildman–Crippen LogP) is 3.36. The fourth-order valence-corrected chi connectivity index (χ4v) is 2.92. The van der Waals surface area contributed by atoms with Crippen molar-refractivity contribution in [1.29, 1.82) is 0 Å². The molecule has 2 aromatic carbocycles. The molecule has 0 radical (unpaired) electrons. The number of carbonyl (C=O) groups is 1. The number of nitrogens with one attached hydrogen (secondary N) is 1. The van der Waals surface area contributed by atoms with Gasteiger partial charge in [0.1, 0.15) is 0 Å². The molecule has 3 rings (SSSR count). The summed E-state index contributed by atoms with van der Waals surface area (Å²) in [6.45, 7) is 2.16. The van der Waals surface area contributed by atoms with Crippen molar-refractivity contribution in [2.24, 2.45) is 0 Å². The standard InChI is InChI=1S/C18H18N2O3/c1-13-15(8-5-9-16(13)20(22)23)17(21)19-12-18(10-11-18)14-6-3-2-4-7-14/h2-9H,10-12H2,1H3,(H,19,21). The van der Waals surface area contributed by atoms with Gasteiger partial charge in [0.2, 0.25) is 0 Å². The zero-order valence-electron chi connectivity index (χ0n) is 12.9. The van der Waals surface area contributed by atoms with E-state index >= 15 is 0 Å². The molecule has 1 N–H and O–H groups in total. The summed E-state index contributed by atoms with van der Waals surface area (Å²) in [4.78, 5) is 22.9. The second kappa shape index (κ2) is 5.83. The van der Waals surface area contributed by atoms with Gasteiger partial charge in [-0.05, 0) is 31.4 Å². The molecular weight excluding hydrogens is 292 g/mol. The summed E-state index contributed by atoms with van der Waals surface area (Å²) in [5.41, 5.74) is 1.99. The summed E-state index contributed by atoms with van der Waals surface area (Å²) in [5.74, 6) is -0.256. The fourth-order valence-electron chi connectivity index (χ4n) is 2.92. The molecular formula is C18H18N2O3. The first-order valence-corrected chi connectivity index (χ1v) is 7.61. The largest absolute Gasteiger partial charge is 0.351 e. The van der Waals surface area contributed by atoms with Gasteiger partial charge in [-0.15, -0.1) is 0 Å². The minimum absolute atomic E-state index is 0.0194. The molecule has 0 aliphatic heterocycles. The summed E-state index contributed by atoms with van der Waals surface area (Å²) in [6.07, 6.45) is 2.09. The van der Waals surface area contributed by atoms with Crippen molar-refractivity contribution in [3.63, 3.8) is 0 Å². The summed E-state index contributed by atoms with van der Waals surface area (Å²) < 4.78 is 0. The number of carbonyl (C=O) groups excluding carboxylic acids is 1. The average Bonchev–Trinajstić information content (AvgIpc) is 3.34. The lowest BCUT2D eigenvalue weighted by molar-refractivity contribution is -0.385. The van der Waals surface area contributed by atoms with E-state index in [1.54, 1.807) is 19.1 Å². The third-order valence-corrected chi connectivity index (χ3v) is 4.57. The summed E-state index contributed by atoms with van der Waals surface area (Å²) >= 11 is 0. The number of hydrogen-bond donors (Lipinski definition) is 1. The quantitative estimate of drug-likeness (QED) is 0.680. The molecule has 0 heterocycles. The van der Waals surface area contributed by atoms with E-state index in [-0.39, 0.29) is 17.0 Å². The smallest absolute Gasteiger partial charge is 0.273 e. The van der Waals surface area contributed by atoms with Crippen LogP contribution < -0.4 is 5.32 Å². The number of amides is 1. The molecule has 5 heteroatoms. The number of nitro groups is 1. The van der Waals surface area contributed by atoms with Gasteiger partial charge in [0.05, 0.1) is 4.92 Å². The minimum atomic E-state index is -0.460. The Hall–Kier alpha value is -2.69. The molecule has 0 spiro atoms. The first-order chi connectivity index (χ1) is 11.0. The van der Waals surface area contributed by atoms with E-state index in [1.807, 2.05) is 18.2 Å². The predicted molar refractivity (Wildman–Crippen MR) is 87.5 cm³/mol. The number of hydrogen-bond acceptors (Lipinski definition) is 3. The van der Waals surface area contributed by atoms with Crippen LogP contribution in [0.3, 0.4) is 0 Å². The highest BCUT2D eigenvalue weighted by molar-refractivity contribution is 5.96. The molecule has 2 aromatic rings. The SMILES string of the molecule is Cc1c(C(=O)NCC2(c3ccccc3)CC2)cccc1[N+](=O)[O-]. The third-order valence-electron chi connectivity index (χ3n) is 4.57. The van der Waals surface area contributed by atoms with Gasteiger partial charge in [0.25, 0.3) is 11.6 Å². The van der Waals surface area contributed by atoms with Crippen molar-refractivity contribution in [2.45, 2.75) is 25.2 Å². The van der Waals surface area contributed by atoms with E-state index in [4.69, 9.17) is 0 Å². The van der Waals surface area contributed by atoms with Crippen molar-refractivity contribution in [3.05, 3.63) is 75.3 Å². The van der Waals surface area contributed by atoms with Gasteiger partial charge in [-0.2, -0.15) is 0 Å². The Bertz CT molecular complexity index is 752. The van der Waals surface area contributed by atoms with Crippen LogP contribution in [0.5, 0.6) is 0 Å². The first kappa shape index (κ1) is 15.2. The van der Waals surface area contributed by atoms with Crippen LogP contribution in [0, 0.1) is 17.0 Å². The van der Waals surface area contributed by atoms with Crippen molar-refractivity contribution >= 4 is 11.6 Å². The van der Waals surface area contributed by atoms with Crippen molar-refractivity contribution in [3.8, 4) is 0 Å². The number of benzene rings is 2. The summed E-state index contributed by atoms with van der Waals surface area (Å²) in [7, 11) is 0. The number of nitro benzene ring substituents is 1. The highest BCUT2D eigenvalue weighted by Gasteiger charge is 2.44. The van der Waals surface area contributed by atoms with Crippen molar-refractivity contribution in [1.82, 2.24) is 5.32 Å². The number of nitrogens with zero attached hydrogens (tertiary/aromatic N) is 1. The van der Waals surface area contributed by atoms with Gasteiger partial charge in [-0.3, -0.25) is 14.9 Å². The lowest BCUT2D eigenvalue weighted by Gasteiger charge is -2.17. The van der Waals surface area contributed by atoms with Gasteiger partial charge in [0.15, 0.2) is 0 Å². The van der Waals surface area contributed by atoms with Crippen LogP contribution >= 0.6 is 0 Å². The highest BCUT2D eigenvalue weighted by atomic mass is 16.6. The molecule has 0 saturated heterocycles. The van der Waals surface area contributed by atoms with E-state index in [0.29, 0.717) is 17.7 Å². The molecule has 5 nitrogen and oxygen atoms in total. The molecule has 0 bridgehead atoms. The van der Waals surface area contributed by atoms with Crippen LogP contribution in [-0.4, -0.2) is 17.4 Å². The van der Waals surface area contributed by atoms with Gasteiger partial charge in [0, 0.05) is 29.2 Å². The average molecular weight is 310 g/mol. The van der Waals surface area contributed by atoms with Gasteiger partial charge in [-0.25, -0.2) is 0 Å². The number of rotatable bonds is 5. The monoisotopic (exact) mass is 310 g/mol. The van der Waals surface area contributed by atoms with Crippen LogP contribution in [0.1, 0.15) is 34.3 Å². The molecule has 0 unspecified atom stereocenters. The van der Waals surface area contributed by atoms with E-state index < -0.39 is 4.92 Å². The van der Waals surface area contributed by atoms with Crippen LogP contribution in [0.15, 0.2) is 48.5 Å². The van der Waals surface area contributed by atoms with Gasteiger partial charge < -0.3 is 5.32 Å². The Labute approximate surface area is 134 Å². The lowest BCUT2D eigenvalue weighted by atomic mass is 9.96. The van der Waals surface area contributed by atoms with E-state index in [0.717, 1.165) is 12.8 Å². The van der Waals surface area contributed by atoms with Crippen LogP contribution in [0.4, 0.5) is 5.69 Å². The maximum Gasteiger partial charge on any atom is 0.273 e. The van der Waals surface area contributed by atoms with E-state index in [2.05, 4.69) is 17.4 Å². The van der Waals surface area contributed by atoms with Crippen LogP contribution in [-0.2, 0) is 5.41 Å². The zero-order valence-corrected chi connectivity index (χ0v) is 12.9. The van der Waals surface area contributed by atoms with Crippen LogP contribution in [0.25, 0.3) is 0 Å². The Morgan fingerprint density at radius 2 is 1.87 bits per heavy atom. The highest BCUT2D eigenvalue weighted by Crippen LogP contribution is 2.47. The second-order valence-corrected chi connectivity index (χ2v) is 6.04.